The van der Waals surface area contributed by atoms with Crippen molar-refractivity contribution in [1.29, 1.82) is 0 Å². The lowest BCUT2D eigenvalue weighted by Crippen LogP contribution is -2.13. The molecule has 0 bridgehead atoms. The van der Waals surface area contributed by atoms with Crippen molar-refractivity contribution in [3.8, 4) is 0 Å². The van der Waals surface area contributed by atoms with Crippen LogP contribution in [0.5, 0.6) is 0 Å². The third-order valence-corrected chi connectivity index (χ3v) is 3.94. The van der Waals surface area contributed by atoms with Gasteiger partial charge in [0.25, 0.3) is 5.91 Å². The molecule has 1 amide bonds. The van der Waals surface area contributed by atoms with Crippen LogP contribution >= 0.6 is 11.6 Å². The number of aromatic nitrogens is 2. The highest BCUT2D eigenvalue weighted by Crippen LogP contribution is 2.24. The maximum atomic E-state index is 12.9. The van der Waals surface area contributed by atoms with Gasteiger partial charge in [0.2, 0.25) is 5.95 Å². The van der Waals surface area contributed by atoms with Gasteiger partial charge < -0.3 is 10.6 Å². The maximum Gasteiger partial charge on any atom is 0.258 e. The molecule has 2 aromatic carbocycles. The molecule has 3 rings (SSSR count). The second-order valence-electron chi connectivity index (χ2n) is 5.29. The Bertz CT molecular complexity index is 898. The topological polar surface area (TPSA) is 66.9 Å². The van der Waals surface area contributed by atoms with Crippen molar-refractivity contribution in [1.82, 2.24) is 9.97 Å². The van der Waals surface area contributed by atoms with Crippen LogP contribution in [-0.2, 0) is 0 Å². The van der Waals surface area contributed by atoms with Gasteiger partial charge in [-0.25, -0.2) is 14.4 Å². The first-order chi connectivity index (χ1) is 12.0. The van der Waals surface area contributed by atoms with Crippen LogP contribution in [0.2, 0.25) is 5.02 Å². The molecule has 0 atom stereocenters. The minimum Gasteiger partial charge on any atom is -0.324 e. The predicted octanol–water partition coefficient (Wildman–Crippen LogP) is 4.57. The molecule has 1 aromatic heterocycles. The number of nitrogens with one attached hydrogen (secondary N) is 2. The van der Waals surface area contributed by atoms with Crippen LogP contribution in [0.15, 0.2) is 54.9 Å². The SMILES string of the molecule is Cc1c(Cl)cccc1Nc1ncc(C(=O)Nc2ccc(F)cc2)cn1. The normalized spacial score (nSPS) is 10.4. The van der Waals surface area contributed by atoms with Crippen LogP contribution in [0.1, 0.15) is 15.9 Å². The molecular formula is C18H14ClFN4O. The molecule has 5 nitrogen and oxygen atoms in total. The summed E-state index contributed by atoms with van der Waals surface area (Å²) in [4.78, 5) is 20.4. The average molecular weight is 357 g/mol. The number of hydrogen-bond acceptors (Lipinski definition) is 4. The first-order valence-electron chi connectivity index (χ1n) is 7.44. The maximum absolute atomic E-state index is 12.9. The molecule has 0 aliphatic heterocycles. The van der Waals surface area contributed by atoms with E-state index in [1.54, 1.807) is 6.07 Å². The highest BCUT2D eigenvalue weighted by atomic mass is 35.5. The van der Waals surface area contributed by atoms with Crippen LogP contribution < -0.4 is 10.6 Å². The number of rotatable bonds is 4. The molecule has 0 fully saturated rings. The first kappa shape index (κ1) is 16.9. The van der Waals surface area contributed by atoms with E-state index in [9.17, 15) is 9.18 Å². The number of halogens is 2. The molecule has 0 aliphatic carbocycles. The lowest BCUT2D eigenvalue weighted by atomic mass is 10.2. The quantitative estimate of drug-likeness (QED) is 0.718. The standard InChI is InChI=1S/C18H14ClFN4O/c1-11-15(19)3-2-4-16(11)24-18-21-9-12(10-22-18)17(25)23-14-7-5-13(20)6-8-14/h2-10H,1H3,(H,23,25)(H,21,22,24). The summed E-state index contributed by atoms with van der Waals surface area (Å²) in [7, 11) is 0. The summed E-state index contributed by atoms with van der Waals surface area (Å²) in [5.41, 5.74) is 2.45. The third kappa shape index (κ3) is 4.10. The minimum atomic E-state index is -0.378. The van der Waals surface area contributed by atoms with E-state index < -0.39 is 0 Å². The Kier molecular flexibility index (Phi) is 4.90. The van der Waals surface area contributed by atoms with E-state index in [4.69, 9.17) is 11.6 Å². The molecule has 25 heavy (non-hydrogen) atoms. The van der Waals surface area contributed by atoms with Crippen LogP contribution in [0, 0.1) is 12.7 Å². The fourth-order valence-electron chi connectivity index (χ4n) is 2.11. The average Bonchev–Trinajstić information content (AvgIpc) is 2.61. The predicted molar refractivity (Wildman–Crippen MR) is 95.9 cm³/mol. The summed E-state index contributed by atoms with van der Waals surface area (Å²) in [6.07, 6.45) is 2.82. The second kappa shape index (κ2) is 7.27. The van der Waals surface area contributed by atoms with Gasteiger partial charge in [0, 0.05) is 28.8 Å². The van der Waals surface area contributed by atoms with Crippen molar-refractivity contribution in [2.45, 2.75) is 6.92 Å². The molecule has 7 heteroatoms. The van der Waals surface area contributed by atoms with E-state index >= 15 is 0 Å². The number of nitrogens with zero attached hydrogens (tertiary/aromatic N) is 2. The zero-order chi connectivity index (χ0) is 17.8. The minimum absolute atomic E-state index is 0.290. The zero-order valence-corrected chi connectivity index (χ0v) is 14.0. The number of amides is 1. The molecule has 126 valence electrons. The van der Waals surface area contributed by atoms with Crippen LogP contribution in [0.4, 0.5) is 21.7 Å². The molecule has 3 aromatic rings. The van der Waals surface area contributed by atoms with Gasteiger partial charge in [-0.3, -0.25) is 4.79 Å². The van der Waals surface area contributed by atoms with Crippen molar-refractivity contribution in [2.24, 2.45) is 0 Å². The monoisotopic (exact) mass is 356 g/mol. The first-order valence-corrected chi connectivity index (χ1v) is 7.82. The number of carbonyl (C=O) groups is 1. The Morgan fingerprint density at radius 1 is 1.08 bits per heavy atom. The molecule has 0 radical (unpaired) electrons. The van der Waals surface area contributed by atoms with Gasteiger partial charge in [-0.2, -0.15) is 0 Å². The molecular weight excluding hydrogens is 343 g/mol. The fraction of sp³-hybridized carbons (Fsp3) is 0.0556. The summed E-state index contributed by atoms with van der Waals surface area (Å²) in [6, 6.07) is 11.0. The van der Waals surface area contributed by atoms with E-state index in [1.165, 1.54) is 36.7 Å². The molecule has 1 heterocycles. The summed E-state index contributed by atoms with van der Waals surface area (Å²) < 4.78 is 12.9. The van der Waals surface area contributed by atoms with Crippen molar-refractivity contribution >= 4 is 34.8 Å². The molecule has 0 aliphatic rings. The molecule has 0 unspecified atom stereocenters. The highest BCUT2D eigenvalue weighted by Gasteiger charge is 2.09. The molecule has 0 spiro atoms. The summed E-state index contributed by atoms with van der Waals surface area (Å²) in [6.45, 7) is 1.88. The van der Waals surface area contributed by atoms with E-state index in [0.29, 0.717) is 16.7 Å². The van der Waals surface area contributed by atoms with Gasteiger partial charge >= 0.3 is 0 Å². The molecule has 2 N–H and O–H groups in total. The summed E-state index contributed by atoms with van der Waals surface area (Å²) in [5, 5.41) is 6.34. The number of anilines is 3. The smallest absolute Gasteiger partial charge is 0.258 e. The summed E-state index contributed by atoms with van der Waals surface area (Å²) >= 11 is 6.08. The number of benzene rings is 2. The fourth-order valence-corrected chi connectivity index (χ4v) is 2.28. The van der Waals surface area contributed by atoms with Gasteiger partial charge in [0.05, 0.1) is 5.56 Å². The zero-order valence-electron chi connectivity index (χ0n) is 13.3. The van der Waals surface area contributed by atoms with Gasteiger partial charge in [-0.15, -0.1) is 0 Å². The van der Waals surface area contributed by atoms with Crippen LogP contribution in [-0.4, -0.2) is 15.9 Å². The lowest BCUT2D eigenvalue weighted by Gasteiger charge is -2.09. The Morgan fingerprint density at radius 3 is 2.44 bits per heavy atom. The van der Waals surface area contributed by atoms with E-state index in [-0.39, 0.29) is 17.3 Å². The Morgan fingerprint density at radius 2 is 1.76 bits per heavy atom. The van der Waals surface area contributed by atoms with Crippen molar-refractivity contribution < 1.29 is 9.18 Å². The molecule has 0 saturated heterocycles. The van der Waals surface area contributed by atoms with E-state index in [0.717, 1.165) is 11.3 Å². The van der Waals surface area contributed by atoms with E-state index in [2.05, 4.69) is 20.6 Å². The molecule has 0 saturated carbocycles. The van der Waals surface area contributed by atoms with Crippen molar-refractivity contribution in [3.63, 3.8) is 0 Å². The van der Waals surface area contributed by atoms with Gasteiger partial charge in [0.15, 0.2) is 0 Å². The Balaban J connectivity index is 1.70. The van der Waals surface area contributed by atoms with Gasteiger partial charge in [-0.1, -0.05) is 17.7 Å². The van der Waals surface area contributed by atoms with Crippen molar-refractivity contribution in [3.05, 3.63) is 76.8 Å². The number of carbonyl (C=O) groups excluding carboxylic acids is 1. The second-order valence-corrected chi connectivity index (χ2v) is 5.70. The van der Waals surface area contributed by atoms with E-state index in [1.807, 2.05) is 19.1 Å². The van der Waals surface area contributed by atoms with Gasteiger partial charge in [0.1, 0.15) is 5.82 Å². The van der Waals surface area contributed by atoms with Crippen LogP contribution in [0.25, 0.3) is 0 Å². The Hall–Kier alpha value is -2.99. The van der Waals surface area contributed by atoms with Crippen LogP contribution in [0.3, 0.4) is 0 Å². The largest absolute Gasteiger partial charge is 0.324 e. The van der Waals surface area contributed by atoms with Crippen molar-refractivity contribution in [2.75, 3.05) is 10.6 Å². The highest BCUT2D eigenvalue weighted by molar-refractivity contribution is 6.31. The number of hydrogen-bond donors (Lipinski definition) is 2. The van der Waals surface area contributed by atoms with Gasteiger partial charge in [-0.05, 0) is 48.9 Å². The lowest BCUT2D eigenvalue weighted by molar-refractivity contribution is 0.102. The third-order valence-electron chi connectivity index (χ3n) is 3.53. The summed E-state index contributed by atoms with van der Waals surface area (Å²) in [5.74, 6) is -0.395. The Labute approximate surface area is 148 Å².